The van der Waals surface area contributed by atoms with Crippen molar-refractivity contribution < 1.29 is 29.6 Å². The van der Waals surface area contributed by atoms with E-state index in [0.29, 0.717) is 5.65 Å². The minimum Gasteiger partial charge on any atom is -0.411 e. The summed E-state index contributed by atoms with van der Waals surface area (Å²) in [6.07, 6.45) is 1.30. The smallest absolute Gasteiger partial charge is 0.411 e. The monoisotopic (exact) mass is 199 g/mol. The molecule has 0 aliphatic carbocycles. The number of aromatic nitrogens is 7. The molecule has 0 saturated carbocycles. The number of hydrogen-bond donors (Lipinski definition) is 1. The second kappa shape index (κ2) is 3.15. The minimum atomic E-state index is -0.454. The summed E-state index contributed by atoms with van der Waals surface area (Å²) >= 11 is 0. The Hall–Kier alpha value is -1.25. The van der Waals surface area contributed by atoms with Gasteiger partial charge in [-0.3, -0.25) is 9.31 Å². The molecule has 0 radical (unpaired) electrons. The maximum absolute atomic E-state index is 11.2. The Balaban J connectivity index is 0.000000750. The largest absolute Gasteiger partial charge is 1.00 e. The van der Waals surface area contributed by atoms with Gasteiger partial charge in [-0.25, -0.2) is 0 Å². The van der Waals surface area contributed by atoms with Crippen LogP contribution in [-0.4, -0.2) is 29.9 Å². The average Bonchev–Trinajstić information content (AvgIpc) is 2.66. The average molecular weight is 199 g/mol. The zero-order valence-electron chi connectivity index (χ0n) is 7.17. The predicted molar refractivity (Wildman–Crippen MR) is 40.0 cm³/mol. The Bertz CT molecular complexity index is 636. The van der Waals surface area contributed by atoms with Gasteiger partial charge in [0, 0.05) is 0 Å². The fourth-order valence-corrected chi connectivity index (χ4v) is 1.12. The Labute approximate surface area is 98.0 Å². The van der Waals surface area contributed by atoms with E-state index in [1.54, 1.807) is 0 Å². The van der Waals surface area contributed by atoms with Crippen LogP contribution in [0.1, 0.15) is 0 Å². The Morgan fingerprint density at radius 2 is 2.29 bits per heavy atom. The number of aromatic amines is 1. The molecule has 3 rings (SSSR count). The van der Waals surface area contributed by atoms with Crippen LogP contribution in [0.3, 0.4) is 0 Å². The van der Waals surface area contributed by atoms with Gasteiger partial charge in [0.1, 0.15) is 5.78 Å². The van der Waals surface area contributed by atoms with Crippen molar-refractivity contribution >= 4 is 16.9 Å². The molecule has 64 valence electrons. The number of nitrogens with zero attached hydrogens (tertiary/aromatic N) is 6. The quantitative estimate of drug-likeness (QED) is 0.365. The van der Waals surface area contributed by atoms with E-state index in [-0.39, 0.29) is 40.9 Å². The number of hydrogen-bond acceptors (Lipinski definition) is 5. The van der Waals surface area contributed by atoms with Gasteiger partial charge in [-0.15, -0.1) is 10.2 Å². The van der Waals surface area contributed by atoms with Gasteiger partial charge in [0.05, 0.1) is 0 Å². The van der Waals surface area contributed by atoms with Crippen LogP contribution in [-0.2, 0) is 0 Å². The van der Waals surface area contributed by atoms with E-state index >= 15 is 0 Å². The SMILES string of the molecule is O=c1nc2nc[n-]n2c2n[nH]nc12.[Na+]. The fraction of sp³-hybridized carbons (Fsp3) is 0. The number of H-pyrrole nitrogens is 1. The molecule has 14 heavy (non-hydrogen) atoms. The van der Waals surface area contributed by atoms with E-state index < -0.39 is 5.56 Å². The van der Waals surface area contributed by atoms with Gasteiger partial charge in [0.2, 0.25) is 0 Å². The Kier molecular flexibility index (Phi) is 2.10. The molecule has 0 aliphatic rings. The van der Waals surface area contributed by atoms with Crippen LogP contribution in [0.4, 0.5) is 0 Å². The molecule has 0 saturated heterocycles. The van der Waals surface area contributed by atoms with Gasteiger partial charge in [-0.1, -0.05) is 6.33 Å². The van der Waals surface area contributed by atoms with Gasteiger partial charge in [0.15, 0.2) is 11.2 Å². The van der Waals surface area contributed by atoms with Crippen LogP contribution in [0.15, 0.2) is 11.1 Å². The van der Waals surface area contributed by atoms with E-state index in [1.807, 2.05) is 0 Å². The van der Waals surface area contributed by atoms with Crippen LogP contribution in [0, 0.1) is 0 Å². The first-order valence-electron chi connectivity index (χ1n) is 3.43. The molecule has 0 atom stereocenters. The summed E-state index contributed by atoms with van der Waals surface area (Å²) in [6.45, 7) is 0. The first-order chi connectivity index (χ1) is 6.36. The maximum Gasteiger partial charge on any atom is 1.00 e. The van der Waals surface area contributed by atoms with E-state index in [4.69, 9.17) is 0 Å². The second-order valence-corrected chi connectivity index (χ2v) is 2.38. The van der Waals surface area contributed by atoms with Crippen molar-refractivity contribution in [1.29, 1.82) is 0 Å². The summed E-state index contributed by atoms with van der Waals surface area (Å²) in [7, 11) is 0. The molecule has 3 heterocycles. The van der Waals surface area contributed by atoms with Gasteiger partial charge in [-0.2, -0.15) is 10.2 Å². The molecule has 0 aliphatic heterocycles. The Morgan fingerprint density at radius 3 is 3.14 bits per heavy atom. The molecule has 8 nitrogen and oxygen atoms in total. The summed E-state index contributed by atoms with van der Waals surface area (Å²) in [5.41, 5.74) is 0.0507. The van der Waals surface area contributed by atoms with Crippen LogP contribution < -0.4 is 40.2 Å². The summed E-state index contributed by atoms with van der Waals surface area (Å²) in [4.78, 5) is 18.7. The number of rotatable bonds is 0. The molecular weight excluding hydrogens is 197 g/mol. The third-order valence-corrected chi connectivity index (χ3v) is 1.66. The van der Waals surface area contributed by atoms with E-state index in [2.05, 4.69) is 30.5 Å². The summed E-state index contributed by atoms with van der Waals surface area (Å²) in [5.74, 6) is 0.228. The van der Waals surface area contributed by atoms with Crippen LogP contribution in [0.25, 0.3) is 16.9 Å². The van der Waals surface area contributed by atoms with Crippen LogP contribution in [0.2, 0.25) is 0 Å². The van der Waals surface area contributed by atoms with Crippen molar-refractivity contribution in [3.63, 3.8) is 0 Å². The topological polar surface area (TPSA) is 103 Å². The van der Waals surface area contributed by atoms with Gasteiger partial charge < -0.3 is 10.1 Å². The first-order valence-corrected chi connectivity index (χ1v) is 3.43. The fourth-order valence-electron chi connectivity index (χ4n) is 1.12. The predicted octanol–water partition coefficient (Wildman–Crippen LogP) is -4.68. The molecule has 9 heteroatoms. The zero-order valence-corrected chi connectivity index (χ0v) is 9.17. The van der Waals surface area contributed by atoms with E-state index in [9.17, 15) is 4.79 Å². The summed E-state index contributed by atoms with van der Waals surface area (Å²) in [5, 5.41) is 13.6. The van der Waals surface area contributed by atoms with Crippen molar-refractivity contribution in [3.05, 3.63) is 16.7 Å². The summed E-state index contributed by atoms with van der Waals surface area (Å²) in [6, 6.07) is 0. The summed E-state index contributed by atoms with van der Waals surface area (Å²) < 4.78 is 1.35. The normalized spacial score (nSPS) is 10.6. The molecule has 0 aromatic carbocycles. The molecular formula is C5H2N7NaO. The zero-order chi connectivity index (χ0) is 8.84. The molecule has 0 spiro atoms. The minimum absolute atomic E-state index is 0. The van der Waals surface area contributed by atoms with Crippen molar-refractivity contribution in [2.45, 2.75) is 0 Å². The molecule has 0 amide bonds. The van der Waals surface area contributed by atoms with Crippen molar-refractivity contribution in [1.82, 2.24) is 35.0 Å². The number of nitrogens with one attached hydrogen (secondary N) is 1. The molecule has 0 bridgehead atoms. The standard InChI is InChI=1S/C5H3N7O.Na/c13-4-2-3(10-11-9-2)12-5(8-4)6-1-7-12;/h1H,(H2,6,7,8,9,10,11,13);/q;+1/p-1. The van der Waals surface area contributed by atoms with Gasteiger partial charge in [-0.05, 0) is 0 Å². The van der Waals surface area contributed by atoms with Crippen molar-refractivity contribution in [2.24, 2.45) is 0 Å². The molecule has 1 N–H and O–H groups in total. The third-order valence-electron chi connectivity index (χ3n) is 1.66. The van der Waals surface area contributed by atoms with E-state index in [1.165, 1.54) is 10.8 Å². The Morgan fingerprint density at radius 1 is 1.43 bits per heavy atom. The van der Waals surface area contributed by atoms with Gasteiger partial charge in [0.25, 0.3) is 0 Å². The molecule has 3 aromatic heterocycles. The third kappa shape index (κ3) is 1.08. The molecule has 3 aromatic rings. The maximum atomic E-state index is 11.2. The molecule has 0 unspecified atom stereocenters. The first kappa shape index (κ1) is 9.31. The molecule has 0 fully saturated rings. The van der Waals surface area contributed by atoms with Crippen LogP contribution >= 0.6 is 0 Å². The second-order valence-electron chi connectivity index (χ2n) is 2.38. The van der Waals surface area contributed by atoms with Gasteiger partial charge >= 0.3 is 35.1 Å². The van der Waals surface area contributed by atoms with Crippen molar-refractivity contribution in [3.8, 4) is 0 Å². The van der Waals surface area contributed by atoms with E-state index in [0.717, 1.165) is 0 Å². The van der Waals surface area contributed by atoms with Crippen LogP contribution in [0.5, 0.6) is 0 Å². The number of fused-ring (bicyclic) bond motifs is 3. The van der Waals surface area contributed by atoms with Crippen molar-refractivity contribution in [2.75, 3.05) is 0 Å².